The van der Waals surface area contributed by atoms with Gasteiger partial charge in [0.2, 0.25) is 17.6 Å². The summed E-state index contributed by atoms with van der Waals surface area (Å²) in [6.45, 7) is 1.54. The summed E-state index contributed by atoms with van der Waals surface area (Å²) in [4.78, 5) is 30.2. The predicted octanol–water partition coefficient (Wildman–Crippen LogP) is 2.19. The Morgan fingerprint density at radius 2 is 2.30 bits per heavy atom. The van der Waals surface area contributed by atoms with Crippen molar-refractivity contribution in [3.8, 4) is 10.7 Å². The number of carboxylic acids is 1. The van der Waals surface area contributed by atoms with Crippen LogP contribution in [0.1, 0.15) is 32.1 Å². The molecule has 0 aliphatic heterocycles. The van der Waals surface area contributed by atoms with Gasteiger partial charge in [-0.05, 0) is 31.2 Å². The lowest BCUT2D eigenvalue weighted by Crippen LogP contribution is -2.44. The number of nitrogens with zero attached hydrogens (tertiary/aromatic N) is 3. The van der Waals surface area contributed by atoms with Gasteiger partial charge in [-0.15, -0.1) is 11.3 Å². The van der Waals surface area contributed by atoms with Crippen molar-refractivity contribution in [3.05, 3.63) is 23.4 Å². The minimum Gasteiger partial charge on any atom is -0.480 e. The lowest BCUT2D eigenvalue weighted by Gasteiger charge is -2.26. The van der Waals surface area contributed by atoms with Crippen LogP contribution in [-0.4, -0.2) is 44.1 Å². The van der Waals surface area contributed by atoms with Crippen LogP contribution < -0.4 is 0 Å². The van der Waals surface area contributed by atoms with Gasteiger partial charge >= 0.3 is 5.97 Å². The second kappa shape index (κ2) is 6.49. The zero-order valence-electron chi connectivity index (χ0n) is 12.6. The Kier molecular flexibility index (Phi) is 4.42. The third kappa shape index (κ3) is 3.58. The van der Waals surface area contributed by atoms with Gasteiger partial charge in [0.15, 0.2) is 0 Å². The number of hydrogen-bond donors (Lipinski definition) is 1. The van der Waals surface area contributed by atoms with Gasteiger partial charge in [0, 0.05) is 18.9 Å². The topological polar surface area (TPSA) is 96.5 Å². The number of thiophene rings is 1. The molecule has 1 aliphatic rings. The number of carbonyl (C=O) groups is 2. The maximum absolute atomic E-state index is 12.4. The van der Waals surface area contributed by atoms with Crippen molar-refractivity contribution in [2.24, 2.45) is 0 Å². The van der Waals surface area contributed by atoms with E-state index in [0.717, 1.165) is 17.7 Å². The molecule has 2 aromatic rings. The molecule has 0 spiro atoms. The second-order valence-electron chi connectivity index (χ2n) is 5.54. The lowest BCUT2D eigenvalue weighted by molar-refractivity contribution is -0.150. The molecule has 2 heterocycles. The number of aliphatic carboxylic acids is 1. The molecule has 0 saturated heterocycles. The Bertz CT molecular complexity index is 693. The van der Waals surface area contributed by atoms with Crippen molar-refractivity contribution in [2.75, 3.05) is 0 Å². The van der Waals surface area contributed by atoms with Crippen LogP contribution in [0, 0.1) is 0 Å². The first-order valence-electron chi connectivity index (χ1n) is 7.46. The van der Waals surface area contributed by atoms with E-state index in [1.807, 2.05) is 17.5 Å². The zero-order valence-corrected chi connectivity index (χ0v) is 13.5. The first-order chi connectivity index (χ1) is 11.1. The minimum atomic E-state index is -0.983. The fourth-order valence-corrected chi connectivity index (χ4v) is 3.06. The Balaban J connectivity index is 1.61. The molecular weight excluding hydrogens is 318 g/mol. The highest BCUT2D eigenvalue weighted by Gasteiger charge is 2.38. The van der Waals surface area contributed by atoms with Gasteiger partial charge in [-0.1, -0.05) is 11.2 Å². The Hall–Kier alpha value is -2.22. The first kappa shape index (κ1) is 15.7. The molecule has 3 rings (SSSR count). The van der Waals surface area contributed by atoms with Crippen molar-refractivity contribution in [1.82, 2.24) is 15.0 Å². The van der Waals surface area contributed by atoms with Gasteiger partial charge in [-0.2, -0.15) is 4.98 Å². The molecule has 1 amide bonds. The van der Waals surface area contributed by atoms with Crippen LogP contribution in [0.25, 0.3) is 10.7 Å². The number of aryl methyl sites for hydroxylation is 1. The second-order valence-corrected chi connectivity index (χ2v) is 6.48. The van der Waals surface area contributed by atoms with Crippen molar-refractivity contribution < 1.29 is 19.2 Å². The molecule has 1 unspecified atom stereocenters. The van der Waals surface area contributed by atoms with Crippen molar-refractivity contribution in [3.63, 3.8) is 0 Å². The van der Waals surface area contributed by atoms with Gasteiger partial charge in [0.25, 0.3) is 0 Å². The van der Waals surface area contributed by atoms with Gasteiger partial charge in [0.05, 0.1) is 4.88 Å². The van der Waals surface area contributed by atoms with Crippen LogP contribution in [0.3, 0.4) is 0 Å². The first-order valence-corrected chi connectivity index (χ1v) is 8.34. The van der Waals surface area contributed by atoms with Crippen LogP contribution in [0.15, 0.2) is 22.0 Å². The monoisotopic (exact) mass is 335 g/mol. The van der Waals surface area contributed by atoms with E-state index in [2.05, 4.69) is 10.1 Å². The number of carbonyl (C=O) groups excluding carboxylic acids is 1. The van der Waals surface area contributed by atoms with Crippen molar-refractivity contribution in [2.45, 2.75) is 44.7 Å². The SMILES string of the molecule is CC(C(=O)O)N(C(=O)CCc1nc(-c2cccs2)no1)C1CC1. The Morgan fingerprint density at radius 3 is 2.91 bits per heavy atom. The van der Waals surface area contributed by atoms with Crippen LogP contribution in [0.5, 0.6) is 0 Å². The van der Waals surface area contributed by atoms with E-state index in [4.69, 9.17) is 9.63 Å². The van der Waals surface area contributed by atoms with E-state index in [1.165, 1.54) is 16.2 Å². The maximum Gasteiger partial charge on any atom is 0.326 e. The van der Waals surface area contributed by atoms with Crippen LogP contribution in [0.2, 0.25) is 0 Å². The summed E-state index contributed by atoms with van der Waals surface area (Å²) in [5.74, 6) is -0.262. The molecule has 1 saturated carbocycles. The predicted molar refractivity (Wildman–Crippen MR) is 82.9 cm³/mol. The third-order valence-electron chi connectivity index (χ3n) is 3.77. The van der Waals surface area contributed by atoms with Crippen LogP contribution in [0.4, 0.5) is 0 Å². The fourth-order valence-electron chi connectivity index (χ4n) is 2.41. The van der Waals surface area contributed by atoms with Gasteiger partial charge in [-0.25, -0.2) is 4.79 Å². The van der Waals surface area contributed by atoms with Gasteiger partial charge in [0.1, 0.15) is 6.04 Å². The quantitative estimate of drug-likeness (QED) is 0.833. The largest absolute Gasteiger partial charge is 0.480 e. The molecule has 1 aliphatic carbocycles. The standard InChI is InChI=1S/C15H17N3O4S/c1-9(15(20)21)18(10-4-5-10)13(19)7-6-12-16-14(17-22-12)11-3-2-8-23-11/h2-3,8-10H,4-7H2,1H3,(H,20,21). The molecule has 122 valence electrons. The van der Waals surface area contributed by atoms with E-state index in [1.54, 1.807) is 6.92 Å². The summed E-state index contributed by atoms with van der Waals surface area (Å²) in [5.41, 5.74) is 0. The number of hydrogen-bond acceptors (Lipinski definition) is 6. The van der Waals surface area contributed by atoms with E-state index in [-0.39, 0.29) is 18.4 Å². The number of amides is 1. The van der Waals surface area contributed by atoms with E-state index >= 15 is 0 Å². The summed E-state index contributed by atoms with van der Waals surface area (Å²) < 4.78 is 5.16. The molecule has 1 N–H and O–H groups in total. The molecule has 23 heavy (non-hydrogen) atoms. The highest BCUT2D eigenvalue weighted by Crippen LogP contribution is 2.29. The maximum atomic E-state index is 12.4. The average molecular weight is 335 g/mol. The molecule has 1 fully saturated rings. The molecule has 8 heteroatoms. The summed E-state index contributed by atoms with van der Waals surface area (Å²) >= 11 is 1.51. The van der Waals surface area contributed by atoms with Crippen LogP contribution in [-0.2, 0) is 16.0 Å². The zero-order chi connectivity index (χ0) is 16.4. The molecule has 0 aromatic carbocycles. The van der Waals surface area contributed by atoms with E-state index in [9.17, 15) is 9.59 Å². The average Bonchev–Trinajstić information content (AvgIpc) is 3.04. The summed E-state index contributed by atoms with van der Waals surface area (Å²) in [5, 5.41) is 15.0. The van der Waals surface area contributed by atoms with Crippen molar-refractivity contribution in [1.29, 1.82) is 0 Å². The Labute approximate surface area is 136 Å². The summed E-state index contributed by atoms with van der Waals surface area (Å²) in [7, 11) is 0. The fraction of sp³-hybridized carbons (Fsp3) is 0.467. The Morgan fingerprint density at radius 1 is 1.52 bits per heavy atom. The molecule has 1 atom stereocenters. The molecule has 0 bridgehead atoms. The normalized spacial score (nSPS) is 15.3. The van der Waals surface area contributed by atoms with E-state index in [0.29, 0.717) is 18.1 Å². The van der Waals surface area contributed by atoms with Crippen LogP contribution >= 0.6 is 11.3 Å². The summed E-state index contributed by atoms with van der Waals surface area (Å²) in [6.07, 6.45) is 2.21. The minimum absolute atomic E-state index is 0.0537. The number of aromatic nitrogens is 2. The molecule has 0 radical (unpaired) electrons. The van der Waals surface area contributed by atoms with Crippen molar-refractivity contribution >= 4 is 23.2 Å². The third-order valence-corrected chi connectivity index (χ3v) is 4.63. The highest BCUT2D eigenvalue weighted by molar-refractivity contribution is 7.13. The number of carboxylic acid groups (broad SMARTS) is 1. The molecule has 7 nitrogen and oxygen atoms in total. The van der Waals surface area contributed by atoms with Gasteiger partial charge in [-0.3, -0.25) is 4.79 Å². The highest BCUT2D eigenvalue weighted by atomic mass is 32.1. The smallest absolute Gasteiger partial charge is 0.326 e. The molecular formula is C15H17N3O4S. The molecule has 2 aromatic heterocycles. The summed E-state index contributed by atoms with van der Waals surface area (Å²) in [6, 6.07) is 3.05. The lowest BCUT2D eigenvalue weighted by atomic mass is 10.2. The number of rotatable bonds is 7. The van der Waals surface area contributed by atoms with Gasteiger partial charge < -0.3 is 14.5 Å². The van der Waals surface area contributed by atoms with E-state index < -0.39 is 12.0 Å².